The maximum Gasteiger partial charge on any atom is 0.287 e. The number of para-hydroxylation sites is 1. The lowest BCUT2D eigenvalue weighted by Crippen LogP contribution is -2.37. The summed E-state index contributed by atoms with van der Waals surface area (Å²) in [6.45, 7) is 0.454. The van der Waals surface area contributed by atoms with Crippen molar-refractivity contribution in [1.29, 1.82) is 0 Å². The first-order valence-corrected chi connectivity index (χ1v) is 8.51. The summed E-state index contributed by atoms with van der Waals surface area (Å²) in [5.74, 6) is -0.0346. The summed E-state index contributed by atoms with van der Waals surface area (Å²) < 4.78 is 5.42. The van der Waals surface area contributed by atoms with Gasteiger partial charge in [-0.05, 0) is 23.8 Å². The van der Waals surface area contributed by atoms with Gasteiger partial charge in [0.1, 0.15) is 0 Å². The van der Waals surface area contributed by atoms with Crippen LogP contribution in [0.3, 0.4) is 0 Å². The number of carbonyl (C=O) groups is 2. The first kappa shape index (κ1) is 16.1. The van der Waals surface area contributed by atoms with E-state index < -0.39 is 0 Å². The largest absolute Gasteiger partial charge is 0.459 e. The van der Waals surface area contributed by atoms with Crippen molar-refractivity contribution in [1.82, 2.24) is 5.32 Å². The highest BCUT2D eigenvalue weighted by Gasteiger charge is 2.32. The zero-order valence-corrected chi connectivity index (χ0v) is 14.1. The number of nitrogens with zero attached hydrogens (tertiary/aromatic N) is 1. The fraction of sp³-hybridized carbons (Fsp3) is 0.143. The van der Waals surface area contributed by atoms with E-state index in [2.05, 4.69) is 5.32 Å². The van der Waals surface area contributed by atoms with Gasteiger partial charge in [0, 0.05) is 24.2 Å². The van der Waals surface area contributed by atoms with Crippen molar-refractivity contribution in [3.63, 3.8) is 0 Å². The van der Waals surface area contributed by atoms with E-state index in [1.807, 2.05) is 60.7 Å². The van der Waals surface area contributed by atoms with E-state index in [4.69, 9.17) is 4.42 Å². The predicted octanol–water partition coefficient (Wildman–Crippen LogP) is 3.48. The van der Waals surface area contributed by atoms with Crippen molar-refractivity contribution in [2.45, 2.75) is 12.5 Å². The second-order valence-corrected chi connectivity index (χ2v) is 6.24. The van der Waals surface area contributed by atoms with Crippen LogP contribution in [0.4, 0.5) is 5.69 Å². The van der Waals surface area contributed by atoms with E-state index in [9.17, 15) is 9.59 Å². The summed E-state index contributed by atoms with van der Waals surface area (Å²) in [5.41, 5.74) is 2.50. The lowest BCUT2D eigenvalue weighted by molar-refractivity contribution is -0.117. The highest BCUT2D eigenvalue weighted by atomic mass is 16.3. The minimum absolute atomic E-state index is 0.00391. The van der Waals surface area contributed by atoms with Crippen LogP contribution in [-0.2, 0) is 4.79 Å². The van der Waals surface area contributed by atoms with Crippen LogP contribution in [-0.4, -0.2) is 24.4 Å². The topological polar surface area (TPSA) is 62.6 Å². The first-order valence-electron chi connectivity index (χ1n) is 8.51. The van der Waals surface area contributed by atoms with Gasteiger partial charge in [0.05, 0.1) is 12.3 Å². The van der Waals surface area contributed by atoms with Gasteiger partial charge in [-0.25, -0.2) is 0 Å². The van der Waals surface area contributed by atoms with Crippen LogP contribution in [0.25, 0.3) is 11.1 Å². The van der Waals surface area contributed by atoms with E-state index in [-0.39, 0.29) is 30.0 Å². The van der Waals surface area contributed by atoms with Gasteiger partial charge in [-0.1, -0.05) is 48.5 Å². The van der Waals surface area contributed by atoms with Crippen molar-refractivity contribution >= 4 is 17.5 Å². The molecule has 4 rings (SSSR count). The number of anilines is 1. The summed E-state index contributed by atoms with van der Waals surface area (Å²) in [4.78, 5) is 26.7. The molecule has 2 aromatic carbocycles. The molecule has 1 aromatic heterocycles. The molecule has 26 heavy (non-hydrogen) atoms. The molecular weight excluding hydrogens is 328 g/mol. The zero-order valence-electron chi connectivity index (χ0n) is 14.1. The fourth-order valence-electron chi connectivity index (χ4n) is 3.24. The number of rotatable bonds is 4. The molecule has 0 saturated carbocycles. The van der Waals surface area contributed by atoms with Crippen LogP contribution in [0.2, 0.25) is 0 Å². The highest BCUT2D eigenvalue weighted by molar-refractivity contribution is 6.00. The second-order valence-electron chi connectivity index (χ2n) is 6.24. The molecule has 1 aliphatic heterocycles. The Morgan fingerprint density at radius 3 is 2.42 bits per heavy atom. The maximum atomic E-state index is 12.7. The third-order valence-corrected chi connectivity index (χ3v) is 4.48. The molecule has 1 fully saturated rings. The predicted molar refractivity (Wildman–Crippen MR) is 98.8 cm³/mol. The standard InChI is InChI=1S/C21H18N2O3/c24-19-13-16(14-23(19)17-9-5-2-6-10-17)22-21(25)20-18(11-12-26-20)15-7-3-1-4-8-15/h1-12,16H,13-14H2,(H,22,25). The maximum absolute atomic E-state index is 12.7. The molecular formula is C21H18N2O3. The quantitative estimate of drug-likeness (QED) is 0.787. The zero-order chi connectivity index (χ0) is 17.9. The van der Waals surface area contributed by atoms with Crippen LogP contribution < -0.4 is 10.2 Å². The molecule has 3 aromatic rings. The Kier molecular flexibility index (Phi) is 4.27. The Bertz CT molecular complexity index is 919. The molecule has 5 heteroatoms. The van der Waals surface area contributed by atoms with Gasteiger partial charge in [-0.2, -0.15) is 0 Å². The molecule has 1 saturated heterocycles. The molecule has 1 aliphatic rings. The first-order chi connectivity index (χ1) is 12.7. The summed E-state index contributed by atoms with van der Waals surface area (Å²) in [6.07, 6.45) is 1.79. The van der Waals surface area contributed by atoms with Crippen molar-refractivity contribution in [2.24, 2.45) is 0 Å². The van der Waals surface area contributed by atoms with Crippen molar-refractivity contribution in [3.8, 4) is 11.1 Å². The SMILES string of the molecule is O=C(NC1CC(=O)N(c2ccccc2)C1)c1occc1-c1ccccc1. The lowest BCUT2D eigenvalue weighted by atomic mass is 10.1. The van der Waals surface area contributed by atoms with E-state index >= 15 is 0 Å². The summed E-state index contributed by atoms with van der Waals surface area (Å²) in [7, 11) is 0. The Hall–Kier alpha value is -3.34. The molecule has 0 aliphatic carbocycles. The molecule has 5 nitrogen and oxygen atoms in total. The normalized spacial score (nSPS) is 16.7. The molecule has 0 bridgehead atoms. The molecule has 1 unspecified atom stereocenters. The van der Waals surface area contributed by atoms with Gasteiger partial charge < -0.3 is 14.6 Å². The Morgan fingerprint density at radius 2 is 1.69 bits per heavy atom. The monoisotopic (exact) mass is 346 g/mol. The summed E-state index contributed by atoms with van der Waals surface area (Å²) in [5, 5.41) is 2.93. The molecule has 0 radical (unpaired) electrons. The van der Waals surface area contributed by atoms with E-state index in [0.717, 1.165) is 16.8 Å². The van der Waals surface area contributed by atoms with Crippen LogP contribution in [0.1, 0.15) is 17.0 Å². The third kappa shape index (κ3) is 3.11. The van der Waals surface area contributed by atoms with Gasteiger partial charge in [-0.3, -0.25) is 9.59 Å². The van der Waals surface area contributed by atoms with Crippen molar-refractivity contribution in [3.05, 3.63) is 78.8 Å². The number of benzene rings is 2. The van der Waals surface area contributed by atoms with E-state index in [1.54, 1.807) is 11.0 Å². The smallest absolute Gasteiger partial charge is 0.287 e. The number of furan rings is 1. The van der Waals surface area contributed by atoms with E-state index in [0.29, 0.717) is 6.54 Å². The van der Waals surface area contributed by atoms with Gasteiger partial charge >= 0.3 is 0 Å². The van der Waals surface area contributed by atoms with Crippen LogP contribution >= 0.6 is 0 Å². The lowest BCUT2D eigenvalue weighted by Gasteiger charge is -2.17. The Balaban J connectivity index is 1.49. The number of nitrogens with one attached hydrogen (secondary N) is 1. The molecule has 1 N–H and O–H groups in total. The minimum Gasteiger partial charge on any atom is -0.459 e. The van der Waals surface area contributed by atoms with Crippen molar-refractivity contribution < 1.29 is 14.0 Å². The average molecular weight is 346 g/mol. The molecule has 130 valence electrons. The number of hydrogen-bond donors (Lipinski definition) is 1. The van der Waals surface area contributed by atoms with Crippen LogP contribution in [0, 0.1) is 0 Å². The Morgan fingerprint density at radius 1 is 1.00 bits per heavy atom. The summed E-state index contributed by atoms with van der Waals surface area (Å²) in [6, 6.07) is 20.6. The van der Waals surface area contributed by atoms with Crippen LogP contribution in [0.5, 0.6) is 0 Å². The molecule has 2 heterocycles. The van der Waals surface area contributed by atoms with Gasteiger partial charge in [0.15, 0.2) is 5.76 Å². The number of hydrogen-bond acceptors (Lipinski definition) is 3. The van der Waals surface area contributed by atoms with Crippen LogP contribution in [0.15, 0.2) is 77.4 Å². The fourth-order valence-corrected chi connectivity index (χ4v) is 3.24. The Labute approximate surface area is 151 Å². The van der Waals surface area contributed by atoms with E-state index in [1.165, 1.54) is 6.26 Å². The van der Waals surface area contributed by atoms with Crippen molar-refractivity contribution in [2.75, 3.05) is 11.4 Å². The minimum atomic E-state index is -0.304. The highest BCUT2D eigenvalue weighted by Crippen LogP contribution is 2.26. The molecule has 1 atom stereocenters. The second kappa shape index (κ2) is 6.88. The van der Waals surface area contributed by atoms with Gasteiger partial charge in [0.25, 0.3) is 5.91 Å². The molecule has 2 amide bonds. The summed E-state index contributed by atoms with van der Waals surface area (Å²) >= 11 is 0. The third-order valence-electron chi connectivity index (χ3n) is 4.48. The van der Waals surface area contributed by atoms with Gasteiger partial charge in [-0.15, -0.1) is 0 Å². The van der Waals surface area contributed by atoms with Gasteiger partial charge in [0.2, 0.25) is 5.91 Å². The average Bonchev–Trinajstić information content (AvgIpc) is 3.30. The number of carbonyl (C=O) groups excluding carboxylic acids is 2. The number of amides is 2. The molecule has 0 spiro atoms.